The van der Waals surface area contributed by atoms with Gasteiger partial charge in [0.15, 0.2) is 56.6 Å². The molecular formula is C75H124N6O57S. The zero-order chi connectivity index (χ0) is 103. The number of carbonyl (C=O) groups excluding carboxylic acids is 6. The number of ether oxygens (including phenoxy) is 19. The summed E-state index contributed by atoms with van der Waals surface area (Å²) in [6.07, 6.45) is -101. The number of rotatable bonds is 39. The molecule has 10 fully saturated rings. The molecule has 0 saturated carbocycles. The Hall–Kier alpha value is -5.64. The molecule has 6 amide bonds. The number of amides is 6. The Morgan fingerprint density at radius 2 is 0.626 bits per heavy atom. The first-order chi connectivity index (χ1) is 65.4. The average Bonchev–Trinajstić information content (AvgIpc) is 0.754. The van der Waals surface area contributed by atoms with E-state index >= 15 is 0 Å². The van der Waals surface area contributed by atoms with E-state index in [1.54, 1.807) is 0 Å². The first-order valence-corrected chi connectivity index (χ1v) is 44.8. The maximum atomic E-state index is 13.3. The van der Waals surface area contributed by atoms with Crippen LogP contribution < -0.4 is 31.9 Å². The van der Waals surface area contributed by atoms with E-state index in [-0.39, 0.29) is 0 Å². The maximum absolute atomic E-state index is 13.3. The topological polar surface area (TPSA) is 977 Å². The van der Waals surface area contributed by atoms with Crippen molar-refractivity contribution in [2.45, 2.75) is 360 Å². The van der Waals surface area contributed by atoms with E-state index < -0.39 is 437 Å². The molecule has 10 saturated heterocycles. The van der Waals surface area contributed by atoms with Gasteiger partial charge >= 0.3 is 16.4 Å². The molecule has 0 aliphatic carbocycles. The monoisotopic (exact) mass is 2050 g/mol. The second-order valence-corrected chi connectivity index (χ2v) is 35.4. The van der Waals surface area contributed by atoms with Crippen molar-refractivity contribution in [3.05, 3.63) is 0 Å². The highest BCUT2D eigenvalue weighted by molar-refractivity contribution is 7.80. The lowest BCUT2D eigenvalue weighted by Gasteiger charge is -2.51. The highest BCUT2D eigenvalue weighted by Crippen LogP contribution is 2.43. The van der Waals surface area contributed by atoms with Crippen molar-refractivity contribution < 1.29 is 279 Å². The van der Waals surface area contributed by atoms with E-state index in [2.05, 4.69) is 36.1 Å². The van der Waals surface area contributed by atoms with Gasteiger partial charge in [-0.1, -0.05) is 0 Å². The molecule has 64 heteroatoms. The number of aliphatic hydroxyl groups is 26. The average molecular weight is 2050 g/mol. The second-order valence-electron chi connectivity index (χ2n) is 34.4. The van der Waals surface area contributed by atoms with Gasteiger partial charge in [0, 0.05) is 48.0 Å². The molecule has 0 aromatic carbocycles. The number of aliphatic carboxylic acids is 1. The van der Waals surface area contributed by atoms with Crippen molar-refractivity contribution in [2.24, 2.45) is 0 Å². The van der Waals surface area contributed by atoms with E-state index in [9.17, 15) is 184 Å². The Kier molecular flexibility index (Phi) is 41.2. The van der Waals surface area contributed by atoms with Gasteiger partial charge in [0.05, 0.1) is 78.2 Å². The van der Waals surface area contributed by atoms with Crippen molar-refractivity contribution in [2.75, 3.05) is 66.1 Å². The van der Waals surface area contributed by atoms with Crippen molar-refractivity contribution in [1.29, 1.82) is 0 Å². The first kappa shape index (κ1) is 115. The molecule has 0 aromatic rings. The van der Waals surface area contributed by atoms with E-state index in [0.717, 1.165) is 41.5 Å². The van der Waals surface area contributed by atoms with Crippen LogP contribution >= 0.6 is 0 Å². The Labute approximate surface area is 786 Å². The summed E-state index contributed by atoms with van der Waals surface area (Å²) < 4.78 is 151. The van der Waals surface area contributed by atoms with Crippen molar-refractivity contribution in [3.63, 3.8) is 0 Å². The molecule has 10 aliphatic heterocycles. The third-order valence-electron chi connectivity index (χ3n) is 24.5. The normalized spacial score (nSPS) is 45.5. The molecule has 1 unspecified atom stereocenters. The summed E-state index contributed by atoms with van der Waals surface area (Å²) in [5.41, 5.74) is 0. The number of aliphatic hydroxyl groups excluding tert-OH is 26. The summed E-state index contributed by atoms with van der Waals surface area (Å²) in [6.45, 7) is -7.01. The van der Waals surface area contributed by atoms with Gasteiger partial charge in [-0.15, -0.1) is 0 Å². The minimum atomic E-state index is -5.47. The van der Waals surface area contributed by atoms with Gasteiger partial charge < -0.3 is 260 Å². The van der Waals surface area contributed by atoms with Crippen LogP contribution in [0, 0.1) is 0 Å². The standard InChI is InChI=1S/C75H124N6O57S/c1-18(91)76-35-24(97)7-75(74(114)115,136-60(35)41(99)25(98)8-82)137-62-44(102)28(11-85)121-71(54(62)112)132-58-32(15-89)126-68(39(49(58)107)80-22(5)95)134-63-51(109)42(100)26(9-83)122-72(63)119-17-34-45(103)61(53(111)70(128-34)131-57-31(14-88)124-66(37(48(57)106)78-20(3)93)129-55-29(12-86)120-65(113)36(46(55)104)77-19(2)92)133-73-64(52(110)43(101)27(10-84)123-73)135-69-38(79-21(4)94)47(105)56(30(13-87)125-69)130-67-40(81-23(6)96)50(108)59(33(16-90)127-67)138-139(116,117)118/h24-73,82-90,97-113H,7-17H2,1-6H3,(H,76,91)(H,77,92)(H,78,93)(H,79,94)(H,80,95)(H,81,96)(H,114,115)(H,116,117,118)/t24-,25+,26+,27+,28+,29+,30+,31+,32+,33+,34+,35+,36+,37+,38+,39+,40+,41+,42+,43+,44-,45+,46+,47+,48+,49+,50+,51-,52-,53-,54+,55+,56+,57+,58+,59-,60+,61-,62-,63-,64-,65?,66-,67-,68-,69-,70-,71-,72-,73+,75-/m0/s1. The first-order valence-electron chi connectivity index (χ1n) is 43.4. The Balaban J connectivity index is 0.977. The Morgan fingerprint density at radius 3 is 1.01 bits per heavy atom. The molecule has 0 spiro atoms. The van der Waals surface area contributed by atoms with Crippen LogP contribution in [0.4, 0.5) is 0 Å². The van der Waals surface area contributed by atoms with Crippen LogP contribution in [0.5, 0.6) is 0 Å². The SMILES string of the molecule is CC(=O)N[C@H]1[C@H](O[C@H]2[C@H](O)[C@@H](NC(C)=O)[C@H](O[C@@H]3[C@@H](O[C@@H]4[C@H](O)[C@H](O[C@H]5[C@H](O)[C@@H](NC(C)=O)[C@H](O[C@H]6[C@H](O)[C@@H](NC(C)=O)C(O)O[C@@H]6CO)O[C@@H]5CO)O[C@H](CO[C@H]5O[C@H](CO)[C@@H](O)[C@H](O)[C@@H]5O[C@@H]5O[C@H](CO)[C@@H](O[C@@H]6O[C@H](CO)[C@H](O)[C@H](O[C@]7(C(=O)O)C[C@H](O)[C@@H](NC(C)=O)[C@H]([C@H](O)[C@H](O)CO)O7)[C@H]6O)[C@H](O)[C@H]5NC(C)=O)[C@H]4O)O[C@H](CO)[C@@H](O)[C@@H]3O)O[C@@H]2CO)O[C@H](CO)[C@H](OS(=O)(=O)O)[C@@H]1O. The minimum absolute atomic E-state index is 0.830. The van der Waals surface area contributed by atoms with Gasteiger partial charge in [-0.2, -0.15) is 8.42 Å². The Morgan fingerprint density at radius 1 is 0.331 bits per heavy atom. The van der Waals surface area contributed by atoms with Crippen LogP contribution in [0.2, 0.25) is 0 Å². The van der Waals surface area contributed by atoms with Crippen LogP contribution in [0.15, 0.2) is 0 Å². The van der Waals surface area contributed by atoms with Crippen LogP contribution in [0.25, 0.3) is 0 Å². The minimum Gasteiger partial charge on any atom is -0.477 e. The third kappa shape index (κ3) is 26.5. The molecule has 34 N–H and O–H groups in total. The molecule has 10 heterocycles. The van der Waals surface area contributed by atoms with Gasteiger partial charge in [0.1, 0.15) is 238 Å². The summed E-state index contributed by atoms with van der Waals surface area (Å²) in [7, 11) is -5.47. The highest BCUT2D eigenvalue weighted by Gasteiger charge is 2.65. The predicted octanol–water partition coefficient (Wildman–Crippen LogP) is -22.9. The van der Waals surface area contributed by atoms with E-state index in [1.807, 2.05) is 0 Å². The van der Waals surface area contributed by atoms with Crippen LogP contribution in [-0.2, 0) is 138 Å². The van der Waals surface area contributed by atoms with Crippen LogP contribution in [0.1, 0.15) is 48.0 Å². The number of nitrogens with one attached hydrogen (secondary N) is 6. The fraction of sp³-hybridized carbons (Fsp3) is 0.907. The van der Waals surface area contributed by atoms with Gasteiger partial charge in [0.25, 0.3) is 5.79 Å². The molecule has 802 valence electrons. The smallest absolute Gasteiger partial charge is 0.397 e. The third-order valence-corrected chi connectivity index (χ3v) is 24.9. The summed E-state index contributed by atoms with van der Waals surface area (Å²) in [5.74, 6) is -11.3. The van der Waals surface area contributed by atoms with Gasteiger partial charge in [-0.3, -0.25) is 33.3 Å². The lowest BCUT2D eigenvalue weighted by molar-refractivity contribution is -0.399. The van der Waals surface area contributed by atoms with Crippen LogP contribution in [-0.4, -0.2) is 571 Å². The fourth-order valence-electron chi connectivity index (χ4n) is 17.7. The number of hydrogen-bond donors (Lipinski definition) is 34. The summed E-state index contributed by atoms with van der Waals surface area (Å²) in [5, 5.41) is 320. The zero-order valence-corrected chi connectivity index (χ0v) is 75.2. The summed E-state index contributed by atoms with van der Waals surface area (Å²) in [6, 6.07) is -11.7. The molecule has 51 atom stereocenters. The highest BCUT2D eigenvalue weighted by atomic mass is 32.3. The summed E-state index contributed by atoms with van der Waals surface area (Å²) >= 11 is 0. The van der Waals surface area contributed by atoms with Crippen molar-refractivity contribution >= 4 is 51.8 Å². The quantitative estimate of drug-likeness (QED) is 0.0254. The van der Waals surface area contributed by atoms with Crippen molar-refractivity contribution in [1.82, 2.24) is 31.9 Å². The largest absolute Gasteiger partial charge is 0.477 e. The lowest BCUT2D eigenvalue weighted by atomic mass is 9.88. The molecule has 10 rings (SSSR count). The molecule has 139 heavy (non-hydrogen) atoms. The molecule has 0 bridgehead atoms. The molecule has 10 aliphatic rings. The van der Waals surface area contributed by atoms with Crippen LogP contribution in [0.3, 0.4) is 0 Å². The van der Waals surface area contributed by atoms with Gasteiger partial charge in [-0.25, -0.2) is 8.98 Å². The Bertz CT molecular complexity index is 4100. The van der Waals surface area contributed by atoms with Gasteiger partial charge in [-0.05, 0) is 0 Å². The number of carboxylic acids is 1. The lowest BCUT2D eigenvalue weighted by Crippen LogP contribution is -2.71. The molecule has 63 nitrogen and oxygen atoms in total. The van der Waals surface area contributed by atoms with Gasteiger partial charge in [0.2, 0.25) is 35.4 Å². The van der Waals surface area contributed by atoms with E-state index in [4.69, 9.17) is 90.0 Å². The number of hydrogen-bond acceptors (Lipinski definition) is 55. The van der Waals surface area contributed by atoms with Crippen molar-refractivity contribution in [3.8, 4) is 0 Å². The number of carboxylic acid groups (broad SMARTS) is 1. The predicted molar refractivity (Wildman–Crippen MR) is 427 cm³/mol. The second kappa shape index (κ2) is 49.7. The number of carbonyl (C=O) groups is 7. The molecule has 0 aromatic heterocycles. The molecule has 0 radical (unpaired) electrons. The fourth-order valence-corrected chi connectivity index (χ4v) is 18.2. The van der Waals surface area contributed by atoms with E-state index in [1.165, 1.54) is 0 Å². The molecular weight excluding hydrogens is 1930 g/mol. The maximum Gasteiger partial charge on any atom is 0.397 e. The summed E-state index contributed by atoms with van der Waals surface area (Å²) in [4.78, 5) is 90.0. The zero-order valence-electron chi connectivity index (χ0n) is 74.4. The van der Waals surface area contributed by atoms with E-state index in [0.29, 0.717) is 0 Å².